The number of pyridine rings is 1. The molecular formula is C14H12BrN3O2. The first kappa shape index (κ1) is 12.9. The van der Waals surface area contributed by atoms with Crippen LogP contribution in [0.4, 0.5) is 17.2 Å². The maximum absolute atomic E-state index is 12.4. The fourth-order valence-corrected chi connectivity index (χ4v) is 2.32. The Labute approximate surface area is 124 Å². The normalized spacial score (nSPS) is 17.6. The molecule has 2 heterocycles. The number of carbonyl (C=O) groups excluding carboxylic acids is 1. The number of nitrogens with zero attached hydrogens (tertiary/aromatic N) is 2. The zero-order valence-electron chi connectivity index (χ0n) is 10.7. The van der Waals surface area contributed by atoms with Crippen molar-refractivity contribution < 1.29 is 9.53 Å². The molecule has 1 amide bonds. The number of benzene rings is 1. The van der Waals surface area contributed by atoms with Crippen molar-refractivity contribution in [2.24, 2.45) is 0 Å². The first-order chi connectivity index (χ1) is 9.56. The number of halogens is 1. The molecule has 0 saturated heterocycles. The van der Waals surface area contributed by atoms with E-state index in [1.807, 2.05) is 6.07 Å². The van der Waals surface area contributed by atoms with Crippen molar-refractivity contribution in [1.29, 1.82) is 0 Å². The quantitative estimate of drug-likeness (QED) is 0.815. The number of nitrogen functional groups attached to an aromatic ring is 1. The van der Waals surface area contributed by atoms with Gasteiger partial charge in [-0.1, -0.05) is 0 Å². The van der Waals surface area contributed by atoms with Crippen LogP contribution in [0.5, 0.6) is 5.75 Å². The van der Waals surface area contributed by atoms with Gasteiger partial charge in [0.1, 0.15) is 11.6 Å². The highest BCUT2D eigenvalue weighted by Gasteiger charge is 2.33. The third-order valence-corrected chi connectivity index (χ3v) is 3.51. The van der Waals surface area contributed by atoms with E-state index in [2.05, 4.69) is 20.9 Å². The molecule has 1 aromatic heterocycles. The van der Waals surface area contributed by atoms with Crippen LogP contribution in [0, 0.1) is 0 Å². The molecule has 3 rings (SSSR count). The number of rotatable bonds is 1. The summed E-state index contributed by atoms with van der Waals surface area (Å²) in [5.74, 6) is 0.995. The number of hydrogen-bond donors (Lipinski definition) is 1. The summed E-state index contributed by atoms with van der Waals surface area (Å²) in [5, 5.41) is 0. The van der Waals surface area contributed by atoms with Gasteiger partial charge < -0.3 is 10.5 Å². The Morgan fingerprint density at radius 1 is 1.35 bits per heavy atom. The van der Waals surface area contributed by atoms with Crippen LogP contribution < -0.4 is 15.4 Å². The molecule has 0 spiro atoms. The second kappa shape index (κ2) is 4.79. The van der Waals surface area contributed by atoms with Gasteiger partial charge >= 0.3 is 0 Å². The van der Waals surface area contributed by atoms with Gasteiger partial charge in [0, 0.05) is 16.4 Å². The number of amides is 1. The predicted octanol–water partition coefficient (Wildman–Crippen LogP) is 2.87. The molecule has 5 nitrogen and oxygen atoms in total. The molecule has 1 unspecified atom stereocenters. The summed E-state index contributed by atoms with van der Waals surface area (Å²) in [6, 6.07) is 8.82. The second-order valence-corrected chi connectivity index (χ2v) is 5.41. The van der Waals surface area contributed by atoms with Crippen molar-refractivity contribution in [1.82, 2.24) is 4.98 Å². The molecule has 0 fully saturated rings. The molecule has 6 heteroatoms. The minimum absolute atomic E-state index is 0.169. The van der Waals surface area contributed by atoms with Crippen LogP contribution in [0.15, 0.2) is 41.0 Å². The fourth-order valence-electron chi connectivity index (χ4n) is 2.09. The number of carbonyl (C=O) groups is 1. The van der Waals surface area contributed by atoms with Gasteiger partial charge in [0.25, 0.3) is 5.91 Å². The lowest BCUT2D eigenvalue weighted by atomic mass is 10.1. The molecule has 0 radical (unpaired) electrons. The van der Waals surface area contributed by atoms with E-state index in [4.69, 9.17) is 10.5 Å². The maximum atomic E-state index is 12.4. The highest BCUT2D eigenvalue weighted by atomic mass is 79.9. The van der Waals surface area contributed by atoms with Crippen LogP contribution in [0.2, 0.25) is 0 Å². The Kier molecular flexibility index (Phi) is 3.10. The van der Waals surface area contributed by atoms with E-state index in [0.717, 1.165) is 4.47 Å². The predicted molar refractivity (Wildman–Crippen MR) is 80.0 cm³/mol. The molecule has 0 saturated carbocycles. The second-order valence-electron chi connectivity index (χ2n) is 4.50. The van der Waals surface area contributed by atoms with Gasteiger partial charge in [0.15, 0.2) is 6.10 Å². The van der Waals surface area contributed by atoms with Crippen LogP contribution in [-0.2, 0) is 4.79 Å². The molecule has 1 atom stereocenters. The Hall–Kier alpha value is -2.08. The van der Waals surface area contributed by atoms with Gasteiger partial charge in [-0.3, -0.25) is 9.69 Å². The van der Waals surface area contributed by atoms with Crippen molar-refractivity contribution in [3.05, 3.63) is 41.0 Å². The van der Waals surface area contributed by atoms with Crippen molar-refractivity contribution in [3.63, 3.8) is 0 Å². The first-order valence-corrected chi connectivity index (χ1v) is 6.87. The highest BCUT2D eigenvalue weighted by Crippen LogP contribution is 2.39. The third-order valence-electron chi connectivity index (χ3n) is 3.04. The lowest BCUT2D eigenvalue weighted by Crippen LogP contribution is -2.42. The third kappa shape index (κ3) is 2.12. The minimum Gasteiger partial charge on any atom is -0.479 e. The largest absolute Gasteiger partial charge is 0.479 e. The Balaban J connectivity index is 2.15. The molecule has 1 aliphatic rings. The zero-order valence-corrected chi connectivity index (χ0v) is 12.3. The van der Waals surface area contributed by atoms with Gasteiger partial charge in [0.05, 0.1) is 5.69 Å². The Morgan fingerprint density at radius 2 is 2.15 bits per heavy atom. The summed E-state index contributed by atoms with van der Waals surface area (Å²) < 4.78 is 6.44. The van der Waals surface area contributed by atoms with Gasteiger partial charge in [-0.25, -0.2) is 4.98 Å². The SMILES string of the molecule is CC1Oc2ccc(N)cc2N(c2ccc(Br)cn2)C1=O. The highest BCUT2D eigenvalue weighted by molar-refractivity contribution is 9.10. The average molecular weight is 334 g/mol. The van der Waals surface area contributed by atoms with E-state index < -0.39 is 6.10 Å². The number of anilines is 3. The van der Waals surface area contributed by atoms with Gasteiger partial charge in [-0.2, -0.15) is 0 Å². The van der Waals surface area contributed by atoms with E-state index in [-0.39, 0.29) is 5.91 Å². The first-order valence-electron chi connectivity index (χ1n) is 6.08. The molecular weight excluding hydrogens is 322 g/mol. The summed E-state index contributed by atoms with van der Waals surface area (Å²) in [4.78, 5) is 18.2. The molecule has 1 aromatic carbocycles. The summed E-state index contributed by atoms with van der Waals surface area (Å²) >= 11 is 3.33. The van der Waals surface area contributed by atoms with Crippen LogP contribution in [0.3, 0.4) is 0 Å². The Bertz CT molecular complexity index is 673. The van der Waals surface area contributed by atoms with E-state index >= 15 is 0 Å². The number of aromatic nitrogens is 1. The van der Waals surface area contributed by atoms with Crippen LogP contribution in [0.25, 0.3) is 0 Å². The van der Waals surface area contributed by atoms with E-state index in [0.29, 0.717) is 22.9 Å². The molecule has 2 aromatic rings. The molecule has 0 aliphatic carbocycles. The van der Waals surface area contributed by atoms with Crippen molar-refractivity contribution >= 4 is 39.0 Å². The number of nitrogens with two attached hydrogens (primary N) is 1. The van der Waals surface area contributed by atoms with E-state index in [1.165, 1.54) is 4.90 Å². The topological polar surface area (TPSA) is 68.5 Å². The maximum Gasteiger partial charge on any atom is 0.273 e. The lowest BCUT2D eigenvalue weighted by Gasteiger charge is -2.32. The van der Waals surface area contributed by atoms with Gasteiger partial charge in [-0.05, 0) is 53.2 Å². The summed E-state index contributed by atoms with van der Waals surface area (Å²) in [5.41, 5.74) is 6.99. The standard InChI is InChI=1S/C14H12BrN3O2/c1-8-14(19)18(13-5-2-9(15)7-17-13)11-6-10(16)3-4-12(11)20-8/h2-8H,16H2,1H3. The smallest absolute Gasteiger partial charge is 0.273 e. The number of hydrogen-bond acceptors (Lipinski definition) is 4. The van der Waals surface area contributed by atoms with Crippen LogP contribution in [0.1, 0.15) is 6.92 Å². The molecule has 20 heavy (non-hydrogen) atoms. The zero-order chi connectivity index (χ0) is 14.3. The molecule has 0 bridgehead atoms. The monoisotopic (exact) mass is 333 g/mol. The molecule has 2 N–H and O–H groups in total. The summed E-state index contributed by atoms with van der Waals surface area (Å²) in [7, 11) is 0. The molecule has 102 valence electrons. The van der Waals surface area contributed by atoms with E-state index in [9.17, 15) is 4.79 Å². The van der Waals surface area contributed by atoms with Gasteiger partial charge in [-0.15, -0.1) is 0 Å². The summed E-state index contributed by atoms with van der Waals surface area (Å²) in [6.45, 7) is 1.72. The fraction of sp³-hybridized carbons (Fsp3) is 0.143. The van der Waals surface area contributed by atoms with Crippen molar-refractivity contribution in [3.8, 4) is 5.75 Å². The van der Waals surface area contributed by atoms with E-state index in [1.54, 1.807) is 37.4 Å². The van der Waals surface area contributed by atoms with Crippen LogP contribution in [-0.4, -0.2) is 17.0 Å². The molecule has 1 aliphatic heterocycles. The van der Waals surface area contributed by atoms with Gasteiger partial charge in [0.2, 0.25) is 0 Å². The number of fused-ring (bicyclic) bond motifs is 1. The summed E-state index contributed by atoms with van der Waals surface area (Å²) in [6.07, 6.45) is 1.09. The lowest BCUT2D eigenvalue weighted by molar-refractivity contribution is -0.124. The Morgan fingerprint density at radius 3 is 2.85 bits per heavy atom. The minimum atomic E-state index is -0.559. The van der Waals surface area contributed by atoms with Crippen LogP contribution >= 0.6 is 15.9 Å². The average Bonchev–Trinajstić information content (AvgIpc) is 2.42. The van der Waals surface area contributed by atoms with Crippen molar-refractivity contribution in [2.75, 3.05) is 10.6 Å². The number of ether oxygens (including phenoxy) is 1. The van der Waals surface area contributed by atoms with Crippen molar-refractivity contribution in [2.45, 2.75) is 13.0 Å².